The molecule has 570 valence electrons. The first kappa shape index (κ1) is 80.9. The van der Waals surface area contributed by atoms with Crippen molar-refractivity contribution in [1.82, 2.24) is 26.9 Å². The van der Waals surface area contributed by atoms with Gasteiger partial charge in [0.25, 0.3) is 0 Å². The van der Waals surface area contributed by atoms with Crippen LogP contribution in [-0.4, -0.2) is 158 Å². The minimum atomic E-state index is -0.559. The van der Waals surface area contributed by atoms with Crippen molar-refractivity contribution in [2.24, 2.45) is 77.1 Å². The van der Waals surface area contributed by atoms with Gasteiger partial charge in [-0.15, -0.1) is 34.4 Å². The number of nitrogens with zero attached hydrogens (tertiary/aromatic N) is 18. The second-order valence-corrected chi connectivity index (χ2v) is 25.4. The van der Waals surface area contributed by atoms with Crippen molar-refractivity contribution in [2.75, 3.05) is 61.2 Å². The van der Waals surface area contributed by atoms with Crippen LogP contribution in [0.25, 0.3) is 64.6 Å². The fraction of sp³-hybridized carbons (Fsp3) is 0.111. The van der Waals surface area contributed by atoms with Gasteiger partial charge in [-0.2, -0.15) is 37.9 Å². The smallest absolute Gasteiger partial charge is 0.400 e. The summed E-state index contributed by atoms with van der Waals surface area (Å²) in [4.78, 5) is 60.1. The lowest BCUT2D eigenvalue weighted by Gasteiger charge is -2.18. The number of aliphatic hydroxyl groups is 3. The van der Waals surface area contributed by atoms with Gasteiger partial charge in [-0.05, 0) is 39.9 Å². The first-order chi connectivity index (χ1) is 56.4. The molecule has 0 fully saturated rings. The fourth-order valence-electron chi connectivity index (χ4n) is 15.0. The van der Waals surface area contributed by atoms with Gasteiger partial charge in [0.05, 0.1) is 0 Å². The molecule has 24 nitrogen and oxygen atoms in total. The van der Waals surface area contributed by atoms with Crippen molar-refractivity contribution in [1.29, 1.82) is 0 Å². The number of amidine groups is 6. The molecule has 0 unspecified atom stereocenters. The molecular formula is C81H75B3Cl3N21O3S3. The third-order valence-electron chi connectivity index (χ3n) is 19.2. The third kappa shape index (κ3) is 12.9. The van der Waals surface area contributed by atoms with Crippen LogP contribution in [0, 0.1) is 0 Å². The standard InChI is InChI=1S/3C24H12BClN6.3CH5N.3CH4O.3CH4S/c3*26-25-31-21-15-9-3-5-11-17(15)23(31)30-24-18-12-6-4-10-16(18)22(32(24)25)29-20-14-8-2-1-7-13(14)19(27-20)28-21;9*1-2/h3*1-12H;3*2H2,1H3;6*2H,1H3. The van der Waals surface area contributed by atoms with E-state index in [2.05, 4.69) is 128 Å². The normalized spacial score (nSPS) is 13.3. The molecule has 15 heterocycles. The molecule has 9 aliphatic rings. The lowest BCUT2D eigenvalue weighted by molar-refractivity contribution is 0.399. The molecule has 12 bridgehead atoms. The predicted octanol–water partition coefficient (Wildman–Crippen LogP) is 11.0. The minimum absolute atomic E-state index is 0.559. The number of aliphatic imine (C=N–C) groups is 6. The Kier molecular flexibility index (Phi) is 24.9. The summed E-state index contributed by atoms with van der Waals surface area (Å²) in [6.45, 7) is 0. The highest BCUT2D eigenvalue weighted by Gasteiger charge is 2.40. The average molecular weight is 1630 g/mol. The molecule has 9 aromatic carbocycles. The van der Waals surface area contributed by atoms with E-state index < -0.39 is 19.2 Å². The fourth-order valence-corrected chi connectivity index (χ4v) is 16.1. The highest BCUT2D eigenvalue weighted by Crippen LogP contribution is 2.45. The van der Waals surface area contributed by atoms with Gasteiger partial charge >= 0.3 is 19.2 Å². The number of nitrogens with two attached hydrogens (primary N) is 3. The molecule has 9 N–H and O–H groups in total. The van der Waals surface area contributed by atoms with Gasteiger partial charge < -0.3 is 59.4 Å². The highest BCUT2D eigenvalue weighted by atomic mass is 35.5. The number of hydrogen-bond acceptors (Lipinski definition) is 21. The monoisotopic (exact) mass is 1620 g/mol. The Morgan fingerprint density at radius 3 is 0.535 bits per heavy atom. The molecule has 0 atom stereocenters. The van der Waals surface area contributed by atoms with Gasteiger partial charge in [0, 0.05) is 119 Å². The van der Waals surface area contributed by atoms with Crippen molar-refractivity contribution in [3.05, 3.63) is 285 Å². The predicted molar refractivity (Wildman–Crippen MR) is 482 cm³/mol. The van der Waals surface area contributed by atoms with Crippen molar-refractivity contribution < 1.29 is 15.3 Å². The van der Waals surface area contributed by atoms with E-state index in [0.717, 1.165) is 187 Å². The summed E-state index contributed by atoms with van der Waals surface area (Å²) in [5.74, 6) is 8.53. The molecule has 33 heteroatoms. The second kappa shape index (κ2) is 35.1. The molecule has 0 spiro atoms. The Labute approximate surface area is 686 Å². The maximum absolute atomic E-state index is 7.19. The van der Waals surface area contributed by atoms with E-state index in [4.69, 9.17) is 110 Å². The molecule has 0 radical (unpaired) electrons. The maximum atomic E-state index is 7.19. The number of aliphatic hydroxyl groups excluding tert-OH is 3. The lowest BCUT2D eigenvalue weighted by Crippen LogP contribution is -2.44. The largest absolute Gasteiger partial charge is 0.499 e. The summed E-state index contributed by atoms with van der Waals surface area (Å²) in [5, 5.41) is 33.1. The number of rotatable bonds is 0. The van der Waals surface area contributed by atoms with E-state index in [1.807, 2.05) is 172 Å². The lowest BCUT2D eigenvalue weighted by atomic mass is 10.1. The van der Waals surface area contributed by atoms with Crippen molar-refractivity contribution >= 4 is 226 Å². The number of hydrogen-bond donors (Lipinski definition) is 9. The van der Waals surface area contributed by atoms with E-state index in [1.54, 1.807) is 18.8 Å². The molecule has 0 amide bonds. The number of aromatic nitrogens is 6. The molecule has 0 aliphatic carbocycles. The third-order valence-corrected chi connectivity index (χ3v) is 20.4. The summed E-state index contributed by atoms with van der Waals surface area (Å²) >= 11 is 32.2. The molecule has 0 saturated heterocycles. The van der Waals surface area contributed by atoms with Crippen LogP contribution in [0.3, 0.4) is 0 Å². The first-order valence-corrected chi connectivity index (χ1v) is 39.6. The van der Waals surface area contributed by atoms with Crippen LogP contribution in [0.4, 0.5) is 34.9 Å². The quantitative estimate of drug-likeness (QED) is 0.0525. The SMILES string of the molecule is CN.CN.CN.CO.CO.CO.CS.CS.CS.ClB1n2c3c4ccccc4c2N=c2c4ccccc4c(n21)=NC1=NC(=N3)c2ccccc21.ClB1n2c3c4ccccc4c2N=c2c4ccccc4c(n21)=NC1=NC(=N3)c2ccccc21.ClB1n2c3c4ccccc4c2N=c2c4ccccc4c(n21)=NC1=NC(=N3)c2ccccc21. The first-order valence-electron chi connectivity index (χ1n) is 35.6. The van der Waals surface area contributed by atoms with Crippen LogP contribution in [0.15, 0.2) is 278 Å². The van der Waals surface area contributed by atoms with Gasteiger partial charge in [-0.1, -0.05) is 218 Å². The average Bonchev–Trinajstić information content (AvgIpc) is 1.56. The van der Waals surface area contributed by atoms with Gasteiger partial charge in [0.15, 0.2) is 35.0 Å². The Balaban J connectivity index is 0.000000136. The Morgan fingerprint density at radius 1 is 0.211 bits per heavy atom. The maximum Gasteiger partial charge on any atom is 0.499 e. The summed E-state index contributed by atoms with van der Waals surface area (Å²) in [5.41, 5.74) is 24.0. The van der Waals surface area contributed by atoms with Gasteiger partial charge in [-0.3, -0.25) is 0 Å². The Morgan fingerprint density at radius 2 is 0.351 bits per heavy atom. The van der Waals surface area contributed by atoms with Gasteiger partial charge in [0.2, 0.25) is 0 Å². The topological polar surface area (TPSA) is 317 Å². The molecule has 15 aromatic rings. The van der Waals surface area contributed by atoms with E-state index in [9.17, 15) is 0 Å². The van der Waals surface area contributed by atoms with Crippen LogP contribution in [0.1, 0.15) is 33.4 Å². The molecular weight excluding hydrogens is 1550 g/mol. The Bertz CT molecular complexity index is 6280. The zero-order valence-electron chi connectivity index (χ0n) is 63.1. The summed E-state index contributed by atoms with van der Waals surface area (Å²) in [6, 6.07) is 73.3. The van der Waals surface area contributed by atoms with Crippen LogP contribution >= 0.6 is 72.3 Å². The summed E-state index contributed by atoms with van der Waals surface area (Å²) < 4.78 is 11.9. The second-order valence-electron chi connectivity index (χ2n) is 24.2. The zero-order chi connectivity index (χ0) is 80.9. The van der Waals surface area contributed by atoms with Crippen molar-refractivity contribution in [2.45, 2.75) is 0 Å². The minimum Gasteiger partial charge on any atom is -0.400 e. The van der Waals surface area contributed by atoms with Gasteiger partial charge in [0.1, 0.15) is 67.8 Å². The molecule has 9 aliphatic heterocycles. The van der Waals surface area contributed by atoms with E-state index in [-0.39, 0.29) is 0 Å². The number of halogens is 3. The van der Waals surface area contributed by atoms with Crippen molar-refractivity contribution in [3.63, 3.8) is 0 Å². The molecule has 114 heavy (non-hydrogen) atoms. The van der Waals surface area contributed by atoms with Crippen molar-refractivity contribution in [3.8, 4) is 0 Å². The van der Waals surface area contributed by atoms with E-state index >= 15 is 0 Å². The van der Waals surface area contributed by atoms with E-state index in [1.165, 1.54) is 21.1 Å². The molecule has 24 rings (SSSR count). The summed E-state index contributed by atoms with van der Waals surface area (Å²) in [7, 11) is 7.50. The number of thiol groups is 3. The van der Waals surface area contributed by atoms with Crippen LogP contribution in [0.5, 0.6) is 0 Å². The highest BCUT2D eigenvalue weighted by molar-refractivity contribution is 7.79. The number of fused-ring (bicyclic) bond motifs is 30. The summed E-state index contributed by atoms with van der Waals surface area (Å²) in [6.07, 6.45) is 3.41. The van der Waals surface area contributed by atoms with Crippen LogP contribution in [0.2, 0.25) is 0 Å². The Hall–Kier alpha value is -11.1. The van der Waals surface area contributed by atoms with E-state index in [0.29, 0.717) is 35.0 Å². The van der Waals surface area contributed by atoms with Crippen LogP contribution in [-0.2, 0) is 0 Å². The number of benzene rings is 9. The zero-order valence-corrected chi connectivity index (χ0v) is 68.1. The van der Waals surface area contributed by atoms with Gasteiger partial charge in [-0.25, -0.2) is 59.9 Å². The molecule has 0 saturated carbocycles. The van der Waals surface area contributed by atoms with Crippen LogP contribution < -0.4 is 50.1 Å². The molecule has 6 aromatic heterocycles.